The van der Waals surface area contributed by atoms with Gasteiger partial charge in [0.1, 0.15) is 6.54 Å². The first kappa shape index (κ1) is 10.1. The number of halogens is 1. The zero-order chi connectivity index (χ0) is 9.84. The number of hydrogen-bond acceptors (Lipinski definition) is 3. The molecule has 0 aliphatic rings. The van der Waals surface area contributed by atoms with Gasteiger partial charge < -0.3 is 16.2 Å². The van der Waals surface area contributed by atoms with Crippen LogP contribution in [0.5, 0.6) is 0 Å². The van der Waals surface area contributed by atoms with Gasteiger partial charge >= 0.3 is 5.97 Å². The van der Waals surface area contributed by atoms with Crippen molar-refractivity contribution in [1.29, 1.82) is 0 Å². The fourth-order valence-electron chi connectivity index (χ4n) is 0.865. The van der Waals surface area contributed by atoms with Crippen molar-refractivity contribution < 1.29 is 9.90 Å². The maximum absolute atomic E-state index is 10.2. The molecule has 0 radical (unpaired) electrons. The van der Waals surface area contributed by atoms with Crippen molar-refractivity contribution in [3.05, 3.63) is 21.8 Å². The molecule has 0 heterocycles. The van der Waals surface area contributed by atoms with Crippen LogP contribution >= 0.6 is 22.6 Å². The average Bonchev–Trinajstić information content (AvgIpc) is 2.02. The Labute approximate surface area is 89.3 Å². The molecule has 0 aliphatic carbocycles. The first-order valence-corrected chi connectivity index (χ1v) is 4.68. The second-order valence-electron chi connectivity index (χ2n) is 2.48. The Balaban J connectivity index is 2.72. The quantitative estimate of drug-likeness (QED) is 0.581. The molecule has 0 fully saturated rings. The number of aliphatic carboxylic acids is 1. The second-order valence-corrected chi connectivity index (χ2v) is 3.72. The van der Waals surface area contributed by atoms with Gasteiger partial charge in [0.25, 0.3) is 0 Å². The summed E-state index contributed by atoms with van der Waals surface area (Å²) in [6, 6.07) is 5.41. The largest absolute Gasteiger partial charge is 0.480 e. The normalized spacial score (nSPS) is 9.62. The predicted octanol–water partition coefficient (Wildman–Crippen LogP) is 1.37. The van der Waals surface area contributed by atoms with Crippen molar-refractivity contribution >= 4 is 39.9 Å². The molecule has 1 rings (SSSR count). The number of carboxylic acid groups (broad SMARTS) is 1. The summed E-state index contributed by atoms with van der Waals surface area (Å²) < 4.78 is 1.02. The molecule has 5 heteroatoms. The van der Waals surface area contributed by atoms with E-state index >= 15 is 0 Å². The van der Waals surface area contributed by atoms with Crippen LogP contribution in [0.1, 0.15) is 0 Å². The van der Waals surface area contributed by atoms with Crippen LogP contribution < -0.4 is 11.1 Å². The number of hydrogen-bond donors (Lipinski definition) is 3. The van der Waals surface area contributed by atoms with E-state index in [1.54, 1.807) is 12.1 Å². The fourth-order valence-corrected chi connectivity index (χ4v) is 1.38. The van der Waals surface area contributed by atoms with Crippen LogP contribution in [0.15, 0.2) is 18.2 Å². The summed E-state index contributed by atoms with van der Waals surface area (Å²) in [5, 5.41) is 11.1. The van der Waals surface area contributed by atoms with Gasteiger partial charge in [0, 0.05) is 3.57 Å². The molecule has 0 unspecified atom stereocenters. The van der Waals surface area contributed by atoms with E-state index in [0.717, 1.165) is 3.57 Å². The zero-order valence-corrected chi connectivity index (χ0v) is 8.91. The van der Waals surface area contributed by atoms with Crippen LogP contribution in [0, 0.1) is 3.57 Å². The first-order chi connectivity index (χ1) is 6.09. The van der Waals surface area contributed by atoms with E-state index < -0.39 is 5.97 Å². The lowest BCUT2D eigenvalue weighted by Gasteiger charge is -2.06. The number of benzene rings is 1. The van der Waals surface area contributed by atoms with Crippen molar-refractivity contribution in [2.45, 2.75) is 0 Å². The summed E-state index contributed by atoms with van der Waals surface area (Å²) in [6.07, 6.45) is 0. The molecule has 4 N–H and O–H groups in total. The number of nitrogens with one attached hydrogen (secondary N) is 1. The van der Waals surface area contributed by atoms with Gasteiger partial charge in [0.2, 0.25) is 0 Å². The lowest BCUT2D eigenvalue weighted by atomic mass is 10.3. The minimum absolute atomic E-state index is 0.120. The van der Waals surface area contributed by atoms with Gasteiger partial charge in [0.05, 0.1) is 11.4 Å². The molecule has 0 bridgehead atoms. The highest BCUT2D eigenvalue weighted by molar-refractivity contribution is 14.1. The summed E-state index contributed by atoms with van der Waals surface area (Å²) in [6.45, 7) is -0.120. The van der Waals surface area contributed by atoms with Crippen LogP contribution in [0.3, 0.4) is 0 Å². The molecular formula is C8H9IN2O2. The lowest BCUT2D eigenvalue weighted by Crippen LogP contribution is -2.13. The van der Waals surface area contributed by atoms with Crippen LogP contribution in [0.2, 0.25) is 0 Å². The van der Waals surface area contributed by atoms with E-state index in [-0.39, 0.29) is 6.54 Å². The highest BCUT2D eigenvalue weighted by Crippen LogP contribution is 2.20. The third-order valence-corrected chi connectivity index (χ3v) is 2.11. The Morgan fingerprint density at radius 2 is 2.31 bits per heavy atom. The number of nitrogens with two attached hydrogens (primary N) is 1. The van der Waals surface area contributed by atoms with E-state index in [4.69, 9.17) is 10.8 Å². The molecule has 0 saturated heterocycles. The Kier molecular flexibility index (Phi) is 3.35. The van der Waals surface area contributed by atoms with Gasteiger partial charge in [-0.15, -0.1) is 0 Å². The summed E-state index contributed by atoms with van der Waals surface area (Å²) in [5.41, 5.74) is 6.87. The van der Waals surface area contributed by atoms with E-state index in [0.29, 0.717) is 11.4 Å². The van der Waals surface area contributed by atoms with Crippen molar-refractivity contribution in [2.75, 3.05) is 17.6 Å². The van der Waals surface area contributed by atoms with Crippen molar-refractivity contribution in [3.8, 4) is 0 Å². The van der Waals surface area contributed by atoms with E-state index in [1.165, 1.54) is 0 Å². The van der Waals surface area contributed by atoms with Gasteiger partial charge in [0.15, 0.2) is 0 Å². The topological polar surface area (TPSA) is 75.3 Å². The summed E-state index contributed by atoms with van der Waals surface area (Å²) in [5.74, 6) is -0.905. The van der Waals surface area contributed by atoms with Gasteiger partial charge in [-0.1, -0.05) is 0 Å². The molecule has 0 spiro atoms. The van der Waals surface area contributed by atoms with E-state index in [9.17, 15) is 4.79 Å². The van der Waals surface area contributed by atoms with Gasteiger partial charge in [-0.25, -0.2) is 0 Å². The number of anilines is 2. The second kappa shape index (κ2) is 4.31. The number of rotatable bonds is 3. The molecule has 70 valence electrons. The molecule has 13 heavy (non-hydrogen) atoms. The number of carboxylic acids is 1. The highest BCUT2D eigenvalue weighted by atomic mass is 127. The van der Waals surface area contributed by atoms with Crippen molar-refractivity contribution in [2.24, 2.45) is 0 Å². The van der Waals surface area contributed by atoms with Gasteiger partial charge in [-0.05, 0) is 40.8 Å². The molecular weight excluding hydrogens is 283 g/mol. The third-order valence-electron chi connectivity index (χ3n) is 1.44. The lowest BCUT2D eigenvalue weighted by molar-refractivity contribution is -0.134. The minimum atomic E-state index is -0.905. The van der Waals surface area contributed by atoms with Gasteiger partial charge in [-0.2, -0.15) is 0 Å². The van der Waals surface area contributed by atoms with Gasteiger partial charge in [-0.3, -0.25) is 4.79 Å². The number of carbonyl (C=O) groups is 1. The van der Waals surface area contributed by atoms with E-state index in [1.807, 2.05) is 6.07 Å². The molecule has 0 aromatic heterocycles. The molecule has 1 aromatic carbocycles. The maximum Gasteiger partial charge on any atom is 0.322 e. The minimum Gasteiger partial charge on any atom is -0.480 e. The average molecular weight is 292 g/mol. The fraction of sp³-hybridized carbons (Fsp3) is 0.125. The highest BCUT2D eigenvalue weighted by Gasteiger charge is 2.00. The van der Waals surface area contributed by atoms with Crippen molar-refractivity contribution in [1.82, 2.24) is 0 Å². The van der Waals surface area contributed by atoms with Crippen molar-refractivity contribution in [3.63, 3.8) is 0 Å². The Morgan fingerprint density at radius 1 is 1.62 bits per heavy atom. The number of nitrogen functional groups attached to an aromatic ring is 1. The monoisotopic (exact) mass is 292 g/mol. The smallest absolute Gasteiger partial charge is 0.322 e. The van der Waals surface area contributed by atoms with Crippen LogP contribution in [-0.4, -0.2) is 17.6 Å². The molecule has 0 atom stereocenters. The third kappa shape index (κ3) is 3.10. The zero-order valence-electron chi connectivity index (χ0n) is 6.75. The van der Waals surface area contributed by atoms with Crippen LogP contribution in [0.25, 0.3) is 0 Å². The molecule has 1 aromatic rings. The molecule has 4 nitrogen and oxygen atoms in total. The molecule has 0 aliphatic heterocycles. The Hall–Kier alpha value is -0.980. The predicted molar refractivity (Wildman–Crippen MR) is 59.7 cm³/mol. The Morgan fingerprint density at radius 3 is 2.85 bits per heavy atom. The first-order valence-electron chi connectivity index (χ1n) is 3.60. The van der Waals surface area contributed by atoms with Crippen LogP contribution in [0.4, 0.5) is 11.4 Å². The van der Waals surface area contributed by atoms with Crippen LogP contribution in [-0.2, 0) is 4.79 Å². The Bertz CT molecular complexity index is 328. The van der Waals surface area contributed by atoms with E-state index in [2.05, 4.69) is 27.9 Å². The molecule has 0 amide bonds. The standard InChI is InChI=1S/C8H9IN2O2/c9-5-1-2-7(6(10)3-5)11-4-8(12)13/h1-3,11H,4,10H2,(H,12,13). The summed E-state index contributed by atoms with van der Waals surface area (Å²) >= 11 is 2.14. The SMILES string of the molecule is Nc1cc(I)ccc1NCC(=O)O. The molecule has 0 saturated carbocycles. The summed E-state index contributed by atoms with van der Waals surface area (Å²) in [4.78, 5) is 10.2. The maximum atomic E-state index is 10.2. The summed E-state index contributed by atoms with van der Waals surface area (Å²) in [7, 11) is 0.